The molecule has 0 spiro atoms. The van der Waals surface area contributed by atoms with Gasteiger partial charge in [0.2, 0.25) is 0 Å². The first-order valence-electron chi connectivity index (χ1n) is 4.97. The van der Waals surface area contributed by atoms with Crippen LogP contribution in [-0.2, 0) is 4.74 Å². The lowest BCUT2D eigenvalue weighted by atomic mass is 10.2. The topological polar surface area (TPSA) is 64.3 Å². The van der Waals surface area contributed by atoms with E-state index < -0.39 is 11.9 Å². The molecule has 3 N–H and O–H groups in total. The number of anilines is 1. The Morgan fingerprint density at radius 1 is 1.53 bits per heavy atom. The van der Waals surface area contributed by atoms with E-state index in [0.29, 0.717) is 5.69 Å². The average molecular weight is 256 g/mol. The molecule has 0 aliphatic rings. The highest BCUT2D eigenvalue weighted by Gasteiger charge is 2.09. The highest BCUT2D eigenvalue weighted by atomic mass is 32.1. The van der Waals surface area contributed by atoms with Crippen molar-refractivity contribution in [3.05, 3.63) is 29.6 Å². The van der Waals surface area contributed by atoms with Crippen LogP contribution in [0.25, 0.3) is 0 Å². The van der Waals surface area contributed by atoms with Gasteiger partial charge in [0.1, 0.15) is 10.8 Å². The van der Waals surface area contributed by atoms with Crippen LogP contribution in [0.3, 0.4) is 0 Å². The Morgan fingerprint density at radius 2 is 2.18 bits per heavy atom. The monoisotopic (exact) mass is 256 g/mol. The van der Waals surface area contributed by atoms with Gasteiger partial charge in [0, 0.05) is 11.3 Å². The van der Waals surface area contributed by atoms with Gasteiger partial charge in [-0.15, -0.1) is 0 Å². The molecule has 0 aromatic heterocycles. The van der Waals surface area contributed by atoms with Crippen LogP contribution < -0.4 is 11.1 Å². The lowest BCUT2D eigenvalue weighted by molar-refractivity contribution is 0.130. The Bertz CT molecular complexity index is 449. The number of ether oxygens (including phenoxy) is 1. The molecule has 0 atom stereocenters. The van der Waals surface area contributed by atoms with E-state index in [0.717, 1.165) is 0 Å². The standard InChI is InChI=1S/C11H13FN2O2S/c1-6(2)16-11(15)14-7-3-4-9(12)8(5-7)10(13)17/h3-6H,1-2H3,(H2,13,17)(H,14,15). The van der Waals surface area contributed by atoms with Crippen LogP contribution in [-0.4, -0.2) is 17.2 Å². The first-order chi connectivity index (χ1) is 7.90. The maximum atomic E-state index is 13.3. The molecular weight excluding hydrogens is 243 g/mol. The maximum Gasteiger partial charge on any atom is 0.411 e. The summed E-state index contributed by atoms with van der Waals surface area (Å²) >= 11 is 4.69. The third-order valence-electron chi connectivity index (χ3n) is 1.82. The van der Waals surface area contributed by atoms with Crippen LogP contribution in [0.15, 0.2) is 18.2 Å². The molecule has 1 aromatic carbocycles. The van der Waals surface area contributed by atoms with Crippen LogP contribution in [0.4, 0.5) is 14.9 Å². The van der Waals surface area contributed by atoms with Gasteiger partial charge in [0.25, 0.3) is 0 Å². The van der Waals surface area contributed by atoms with Crippen molar-refractivity contribution < 1.29 is 13.9 Å². The normalized spacial score (nSPS) is 10.1. The summed E-state index contributed by atoms with van der Waals surface area (Å²) in [6.07, 6.45) is -0.842. The molecule has 0 bridgehead atoms. The van der Waals surface area contributed by atoms with Gasteiger partial charge >= 0.3 is 6.09 Å². The van der Waals surface area contributed by atoms with E-state index in [4.69, 9.17) is 10.5 Å². The Hall–Kier alpha value is -1.69. The van der Waals surface area contributed by atoms with Crippen molar-refractivity contribution >= 4 is 29.0 Å². The van der Waals surface area contributed by atoms with Gasteiger partial charge in [-0.05, 0) is 32.0 Å². The van der Waals surface area contributed by atoms with E-state index in [1.54, 1.807) is 13.8 Å². The quantitative estimate of drug-likeness (QED) is 0.815. The first kappa shape index (κ1) is 13.4. The molecule has 0 radical (unpaired) electrons. The van der Waals surface area contributed by atoms with Crippen molar-refractivity contribution in [2.75, 3.05) is 5.32 Å². The molecule has 17 heavy (non-hydrogen) atoms. The van der Waals surface area contributed by atoms with E-state index in [1.807, 2.05) is 0 Å². The van der Waals surface area contributed by atoms with Gasteiger partial charge in [-0.2, -0.15) is 0 Å². The van der Waals surface area contributed by atoms with Crippen LogP contribution in [0.1, 0.15) is 19.4 Å². The van der Waals surface area contributed by atoms with Crippen molar-refractivity contribution in [3.8, 4) is 0 Å². The number of amides is 1. The molecule has 6 heteroatoms. The van der Waals surface area contributed by atoms with Crippen LogP contribution >= 0.6 is 12.2 Å². The molecule has 4 nitrogen and oxygen atoms in total. The molecule has 1 aromatic rings. The Balaban J connectivity index is 2.82. The second-order valence-electron chi connectivity index (χ2n) is 3.64. The fourth-order valence-electron chi connectivity index (χ4n) is 1.15. The summed E-state index contributed by atoms with van der Waals surface area (Å²) in [6, 6.07) is 3.94. The van der Waals surface area contributed by atoms with Gasteiger partial charge in [0.05, 0.1) is 6.10 Å². The van der Waals surface area contributed by atoms with Gasteiger partial charge in [-0.25, -0.2) is 9.18 Å². The molecule has 0 aliphatic heterocycles. The number of nitrogens with two attached hydrogens (primary N) is 1. The molecule has 92 valence electrons. The minimum atomic E-state index is -0.611. The summed E-state index contributed by atoms with van der Waals surface area (Å²) in [6.45, 7) is 3.45. The number of rotatable bonds is 3. The average Bonchev–Trinajstić information content (AvgIpc) is 2.19. The Morgan fingerprint density at radius 3 is 2.71 bits per heavy atom. The minimum absolute atomic E-state index is 0.0663. The molecule has 0 aliphatic carbocycles. The van der Waals surface area contributed by atoms with E-state index in [9.17, 15) is 9.18 Å². The number of nitrogens with one attached hydrogen (secondary N) is 1. The third kappa shape index (κ3) is 3.99. The van der Waals surface area contributed by atoms with Crippen molar-refractivity contribution in [1.82, 2.24) is 0 Å². The third-order valence-corrected chi connectivity index (χ3v) is 2.04. The van der Waals surface area contributed by atoms with Crippen molar-refractivity contribution in [3.63, 3.8) is 0 Å². The van der Waals surface area contributed by atoms with Gasteiger partial charge in [-0.1, -0.05) is 12.2 Å². The SMILES string of the molecule is CC(C)OC(=O)Nc1ccc(F)c(C(N)=S)c1. The Kier molecular flexibility index (Phi) is 4.39. The molecule has 1 rings (SSSR count). The van der Waals surface area contributed by atoms with Crippen LogP contribution in [0.2, 0.25) is 0 Å². The number of carbonyl (C=O) groups excluding carboxylic acids is 1. The summed E-state index contributed by atoms with van der Waals surface area (Å²) in [5.74, 6) is -0.528. The second-order valence-corrected chi connectivity index (χ2v) is 4.08. The zero-order valence-electron chi connectivity index (χ0n) is 9.49. The van der Waals surface area contributed by atoms with E-state index in [1.165, 1.54) is 18.2 Å². The summed E-state index contributed by atoms with van der Waals surface area (Å²) < 4.78 is 18.1. The smallest absolute Gasteiger partial charge is 0.411 e. The molecule has 1 amide bonds. The first-order valence-corrected chi connectivity index (χ1v) is 5.38. The summed E-state index contributed by atoms with van der Waals surface area (Å²) in [7, 11) is 0. The van der Waals surface area contributed by atoms with Crippen LogP contribution in [0.5, 0.6) is 0 Å². The molecule has 0 unspecified atom stereocenters. The molecule has 0 saturated carbocycles. The number of hydrogen-bond donors (Lipinski definition) is 2. The molecule has 0 fully saturated rings. The molecule has 0 saturated heterocycles. The largest absolute Gasteiger partial charge is 0.447 e. The fourth-order valence-corrected chi connectivity index (χ4v) is 1.31. The van der Waals surface area contributed by atoms with Crippen LogP contribution in [0, 0.1) is 5.82 Å². The van der Waals surface area contributed by atoms with Gasteiger partial charge < -0.3 is 10.5 Å². The number of halogens is 1. The van der Waals surface area contributed by atoms with E-state index >= 15 is 0 Å². The van der Waals surface area contributed by atoms with Crippen molar-refractivity contribution in [2.45, 2.75) is 20.0 Å². The maximum absolute atomic E-state index is 13.3. The zero-order valence-corrected chi connectivity index (χ0v) is 10.3. The number of benzene rings is 1. The second kappa shape index (κ2) is 5.58. The number of hydrogen-bond acceptors (Lipinski definition) is 3. The number of carbonyl (C=O) groups is 1. The lowest BCUT2D eigenvalue weighted by Crippen LogP contribution is -2.19. The molecular formula is C11H13FN2O2S. The van der Waals surface area contributed by atoms with Crippen molar-refractivity contribution in [1.29, 1.82) is 0 Å². The van der Waals surface area contributed by atoms with Gasteiger partial charge in [-0.3, -0.25) is 5.32 Å². The summed E-state index contributed by atoms with van der Waals surface area (Å²) in [5, 5.41) is 2.45. The predicted octanol–water partition coefficient (Wildman–Crippen LogP) is 2.42. The van der Waals surface area contributed by atoms with Gasteiger partial charge in [0.15, 0.2) is 0 Å². The summed E-state index contributed by atoms with van der Waals surface area (Å²) in [4.78, 5) is 11.2. The molecule has 0 heterocycles. The minimum Gasteiger partial charge on any atom is -0.447 e. The van der Waals surface area contributed by atoms with E-state index in [2.05, 4.69) is 17.5 Å². The lowest BCUT2D eigenvalue weighted by Gasteiger charge is -2.10. The van der Waals surface area contributed by atoms with E-state index in [-0.39, 0.29) is 16.7 Å². The predicted molar refractivity (Wildman–Crippen MR) is 67.5 cm³/mol. The Labute approximate surface area is 104 Å². The highest BCUT2D eigenvalue weighted by Crippen LogP contribution is 2.15. The highest BCUT2D eigenvalue weighted by molar-refractivity contribution is 7.80. The summed E-state index contributed by atoms with van der Waals surface area (Å²) in [5.41, 5.74) is 5.80. The zero-order chi connectivity index (χ0) is 13.0. The fraction of sp³-hybridized carbons (Fsp3) is 0.273. The van der Waals surface area contributed by atoms with Crippen molar-refractivity contribution in [2.24, 2.45) is 5.73 Å². The number of thiocarbonyl (C=S) groups is 1.